The Bertz CT molecular complexity index is 531. The number of benzene rings is 1. The maximum Gasteiger partial charge on any atom is 0.471 e. The second kappa shape index (κ2) is 4.33. The highest BCUT2D eigenvalue weighted by Gasteiger charge is 2.40. The number of carbonyl (C=O) groups excluding carboxylic acids is 1. The molecule has 0 spiro atoms. The number of halogens is 3. The van der Waals surface area contributed by atoms with Crippen LogP contribution in [0.1, 0.15) is 23.6 Å². The predicted octanol–water partition coefficient (Wildman–Crippen LogP) is 2.90. The van der Waals surface area contributed by atoms with Gasteiger partial charge in [0, 0.05) is 0 Å². The van der Waals surface area contributed by atoms with E-state index in [1.54, 1.807) is 18.2 Å². The number of amides is 1. The van der Waals surface area contributed by atoms with Crippen LogP contribution >= 0.6 is 0 Å². The van der Waals surface area contributed by atoms with Crippen LogP contribution in [-0.2, 0) is 11.2 Å². The standard InChI is InChI=1S/C12H9F3N2O/c1-16-8-3-4-9-7(6-8)2-5-10(9)17-11(18)12(13,14)15/h3-4,6,10H,2,5H2,(H,17,18). The van der Waals surface area contributed by atoms with E-state index in [9.17, 15) is 18.0 Å². The van der Waals surface area contributed by atoms with Gasteiger partial charge in [-0.25, -0.2) is 4.85 Å². The van der Waals surface area contributed by atoms with Gasteiger partial charge in [-0.05, 0) is 18.4 Å². The number of hydrogen-bond donors (Lipinski definition) is 1. The average molecular weight is 254 g/mol. The van der Waals surface area contributed by atoms with E-state index in [0.717, 1.165) is 5.56 Å². The Kier molecular flexibility index (Phi) is 2.99. The van der Waals surface area contributed by atoms with Crippen LogP contribution in [0.25, 0.3) is 4.85 Å². The van der Waals surface area contributed by atoms with E-state index in [1.807, 2.05) is 5.32 Å². The van der Waals surface area contributed by atoms with E-state index >= 15 is 0 Å². The minimum Gasteiger partial charge on any atom is -0.341 e. The summed E-state index contributed by atoms with van der Waals surface area (Å²) >= 11 is 0. The van der Waals surface area contributed by atoms with Crippen molar-refractivity contribution in [2.45, 2.75) is 25.1 Å². The Labute approximate surface area is 101 Å². The average Bonchev–Trinajstić information content (AvgIpc) is 2.70. The molecule has 2 rings (SSSR count). The van der Waals surface area contributed by atoms with Crippen molar-refractivity contribution in [2.24, 2.45) is 0 Å². The summed E-state index contributed by atoms with van der Waals surface area (Å²) in [6, 6.07) is 4.19. The normalized spacial score (nSPS) is 18.0. The number of carbonyl (C=O) groups is 1. The number of alkyl halides is 3. The molecule has 0 aliphatic heterocycles. The van der Waals surface area contributed by atoms with Crippen molar-refractivity contribution in [3.63, 3.8) is 0 Å². The molecule has 1 aromatic carbocycles. The molecule has 1 unspecified atom stereocenters. The highest BCUT2D eigenvalue weighted by molar-refractivity contribution is 5.82. The van der Waals surface area contributed by atoms with Crippen molar-refractivity contribution < 1.29 is 18.0 Å². The van der Waals surface area contributed by atoms with Crippen LogP contribution in [0.5, 0.6) is 0 Å². The largest absolute Gasteiger partial charge is 0.471 e. The zero-order chi connectivity index (χ0) is 13.3. The molecule has 0 saturated carbocycles. The van der Waals surface area contributed by atoms with Crippen LogP contribution in [-0.4, -0.2) is 12.1 Å². The van der Waals surface area contributed by atoms with E-state index < -0.39 is 18.1 Å². The summed E-state index contributed by atoms with van der Waals surface area (Å²) in [6.07, 6.45) is -3.86. The number of nitrogens with zero attached hydrogens (tertiary/aromatic N) is 1. The molecule has 3 nitrogen and oxygen atoms in total. The van der Waals surface area contributed by atoms with E-state index in [2.05, 4.69) is 4.85 Å². The second-order valence-electron chi connectivity index (χ2n) is 4.06. The van der Waals surface area contributed by atoms with Gasteiger partial charge in [0.2, 0.25) is 0 Å². The maximum absolute atomic E-state index is 12.1. The number of fused-ring (bicyclic) bond motifs is 1. The smallest absolute Gasteiger partial charge is 0.341 e. The molecule has 94 valence electrons. The summed E-state index contributed by atoms with van der Waals surface area (Å²) in [4.78, 5) is 14.1. The fraction of sp³-hybridized carbons (Fsp3) is 0.333. The van der Waals surface area contributed by atoms with Gasteiger partial charge in [0.25, 0.3) is 0 Å². The van der Waals surface area contributed by atoms with Crippen molar-refractivity contribution in [3.05, 3.63) is 40.7 Å². The second-order valence-corrected chi connectivity index (χ2v) is 4.06. The highest BCUT2D eigenvalue weighted by Crippen LogP contribution is 2.34. The molecule has 18 heavy (non-hydrogen) atoms. The van der Waals surface area contributed by atoms with Gasteiger partial charge in [0.1, 0.15) is 0 Å². The van der Waals surface area contributed by atoms with Crippen molar-refractivity contribution in [3.8, 4) is 0 Å². The van der Waals surface area contributed by atoms with E-state index in [0.29, 0.717) is 24.1 Å². The summed E-state index contributed by atoms with van der Waals surface area (Å²) in [5.74, 6) is -1.92. The van der Waals surface area contributed by atoms with Crippen LogP contribution < -0.4 is 5.32 Å². The first-order valence-corrected chi connectivity index (χ1v) is 5.30. The first kappa shape index (κ1) is 12.4. The van der Waals surface area contributed by atoms with Gasteiger partial charge >= 0.3 is 12.1 Å². The Morgan fingerprint density at radius 3 is 2.78 bits per heavy atom. The molecular formula is C12H9F3N2O. The monoisotopic (exact) mass is 254 g/mol. The van der Waals surface area contributed by atoms with Crippen molar-refractivity contribution in [2.75, 3.05) is 0 Å². The molecule has 1 N–H and O–H groups in total. The maximum atomic E-state index is 12.1. The number of hydrogen-bond acceptors (Lipinski definition) is 1. The molecule has 1 aromatic rings. The molecule has 1 aliphatic rings. The summed E-state index contributed by atoms with van der Waals surface area (Å²) in [6.45, 7) is 6.86. The van der Waals surface area contributed by atoms with Crippen LogP contribution in [0.2, 0.25) is 0 Å². The molecule has 0 fully saturated rings. The summed E-state index contributed by atoms with van der Waals surface area (Å²) < 4.78 is 36.4. The van der Waals surface area contributed by atoms with E-state index in [4.69, 9.17) is 6.57 Å². The lowest BCUT2D eigenvalue weighted by atomic mass is 10.1. The van der Waals surface area contributed by atoms with Gasteiger partial charge in [0.05, 0.1) is 12.6 Å². The van der Waals surface area contributed by atoms with Crippen LogP contribution in [0, 0.1) is 6.57 Å². The Morgan fingerprint density at radius 2 is 2.17 bits per heavy atom. The number of rotatable bonds is 1. The van der Waals surface area contributed by atoms with Gasteiger partial charge in [-0.2, -0.15) is 13.2 Å². The summed E-state index contributed by atoms with van der Waals surface area (Å²) in [5, 5.41) is 1.97. The SMILES string of the molecule is [C-]#[N+]c1ccc2c(c1)CCC2NC(=O)C(F)(F)F. The third-order valence-electron chi connectivity index (χ3n) is 2.90. The molecule has 6 heteroatoms. The van der Waals surface area contributed by atoms with Gasteiger partial charge < -0.3 is 5.32 Å². The highest BCUT2D eigenvalue weighted by atomic mass is 19.4. The van der Waals surface area contributed by atoms with Gasteiger partial charge in [-0.15, -0.1) is 0 Å². The molecule has 0 aromatic heterocycles. The van der Waals surface area contributed by atoms with E-state index in [-0.39, 0.29) is 0 Å². The first-order valence-electron chi connectivity index (χ1n) is 5.30. The number of aryl methyl sites for hydroxylation is 1. The van der Waals surface area contributed by atoms with Crippen LogP contribution in [0.15, 0.2) is 18.2 Å². The fourth-order valence-corrected chi connectivity index (χ4v) is 2.06. The van der Waals surface area contributed by atoms with Crippen LogP contribution in [0.4, 0.5) is 18.9 Å². The minimum absolute atomic E-state index is 0.429. The Morgan fingerprint density at radius 1 is 1.44 bits per heavy atom. The molecule has 0 radical (unpaired) electrons. The Balaban J connectivity index is 2.18. The summed E-state index contributed by atoms with van der Waals surface area (Å²) in [5.41, 5.74) is 1.95. The molecule has 0 heterocycles. The fourth-order valence-electron chi connectivity index (χ4n) is 2.06. The zero-order valence-electron chi connectivity index (χ0n) is 9.21. The lowest BCUT2D eigenvalue weighted by molar-refractivity contribution is -0.174. The summed E-state index contributed by atoms with van der Waals surface area (Å²) in [7, 11) is 0. The van der Waals surface area contributed by atoms with Crippen LogP contribution in [0.3, 0.4) is 0 Å². The molecule has 1 atom stereocenters. The van der Waals surface area contributed by atoms with Crippen molar-refractivity contribution in [1.29, 1.82) is 0 Å². The third-order valence-corrected chi connectivity index (χ3v) is 2.90. The Hall–Kier alpha value is -2.03. The van der Waals surface area contributed by atoms with Gasteiger partial charge in [0.15, 0.2) is 5.69 Å². The van der Waals surface area contributed by atoms with Gasteiger partial charge in [-0.1, -0.05) is 23.8 Å². The quantitative estimate of drug-likeness (QED) is 0.768. The lowest BCUT2D eigenvalue weighted by Gasteiger charge is -2.15. The molecule has 1 aliphatic carbocycles. The molecule has 1 amide bonds. The van der Waals surface area contributed by atoms with Crippen molar-refractivity contribution >= 4 is 11.6 Å². The van der Waals surface area contributed by atoms with Crippen molar-refractivity contribution in [1.82, 2.24) is 5.32 Å². The number of nitrogens with one attached hydrogen (secondary N) is 1. The van der Waals surface area contributed by atoms with Gasteiger partial charge in [-0.3, -0.25) is 4.79 Å². The minimum atomic E-state index is -4.86. The van der Waals surface area contributed by atoms with E-state index in [1.165, 1.54) is 0 Å². The zero-order valence-corrected chi connectivity index (χ0v) is 9.21. The topological polar surface area (TPSA) is 33.5 Å². The third kappa shape index (κ3) is 2.30. The first-order chi connectivity index (χ1) is 8.41. The molecule has 0 saturated heterocycles. The predicted molar refractivity (Wildman–Crippen MR) is 58.0 cm³/mol. The molecule has 0 bridgehead atoms. The lowest BCUT2D eigenvalue weighted by Crippen LogP contribution is -2.38. The molecular weight excluding hydrogens is 245 g/mol.